The van der Waals surface area contributed by atoms with Gasteiger partial charge in [0.15, 0.2) is 5.78 Å². The van der Waals surface area contributed by atoms with Crippen LogP contribution in [0.1, 0.15) is 55.2 Å². The van der Waals surface area contributed by atoms with Gasteiger partial charge >= 0.3 is 5.97 Å². The summed E-state index contributed by atoms with van der Waals surface area (Å²) >= 11 is 0. The van der Waals surface area contributed by atoms with Crippen molar-refractivity contribution in [2.75, 3.05) is 5.32 Å². The van der Waals surface area contributed by atoms with Crippen LogP contribution in [0.5, 0.6) is 0 Å². The van der Waals surface area contributed by atoms with Crippen molar-refractivity contribution >= 4 is 23.3 Å². The molecule has 1 amide bonds. The smallest absolute Gasteiger partial charge is 0.339 e. The van der Waals surface area contributed by atoms with Crippen molar-refractivity contribution < 1.29 is 23.5 Å². The van der Waals surface area contributed by atoms with Gasteiger partial charge in [0, 0.05) is 23.2 Å². The number of fused-ring (bicyclic) bond motifs is 1. The van der Waals surface area contributed by atoms with E-state index in [1.165, 1.54) is 19.1 Å². The molecule has 0 radical (unpaired) electrons. The van der Waals surface area contributed by atoms with Crippen molar-refractivity contribution in [2.45, 2.75) is 19.4 Å². The predicted octanol–water partition coefficient (Wildman–Crippen LogP) is 4.73. The lowest BCUT2D eigenvalue weighted by atomic mass is 9.93. The van der Waals surface area contributed by atoms with Crippen molar-refractivity contribution in [1.29, 1.82) is 0 Å². The number of anilines is 1. The molecule has 30 heavy (non-hydrogen) atoms. The average molecular weight is 403 g/mol. The number of hydrogen-bond donors (Lipinski definition) is 1. The highest BCUT2D eigenvalue weighted by molar-refractivity contribution is 6.05. The Morgan fingerprint density at radius 3 is 2.30 bits per heavy atom. The molecule has 150 valence electrons. The number of cyclic esters (lactones) is 1. The lowest BCUT2D eigenvalue weighted by Crippen LogP contribution is -2.23. The van der Waals surface area contributed by atoms with Crippen LogP contribution >= 0.6 is 0 Å². The number of nitrogens with one attached hydrogen (secondary N) is 1. The van der Waals surface area contributed by atoms with Crippen molar-refractivity contribution in [3.63, 3.8) is 0 Å². The fourth-order valence-electron chi connectivity index (χ4n) is 3.39. The molecule has 5 nitrogen and oxygen atoms in total. The van der Waals surface area contributed by atoms with Gasteiger partial charge in [-0.15, -0.1) is 0 Å². The molecule has 0 aliphatic carbocycles. The molecule has 0 spiro atoms. The minimum absolute atomic E-state index is 0.0508. The monoisotopic (exact) mass is 403 g/mol. The van der Waals surface area contributed by atoms with E-state index in [0.29, 0.717) is 39.9 Å². The Kier molecular flexibility index (Phi) is 5.14. The fraction of sp³-hybridized carbons (Fsp3) is 0.125. The SMILES string of the molecule is CC(=O)c1ccc(NC(=O)c2ccc3c(c2)C[C@H](c2ccc(F)cc2)OC3=O)cc1. The van der Waals surface area contributed by atoms with Crippen LogP contribution in [0.4, 0.5) is 10.1 Å². The van der Waals surface area contributed by atoms with E-state index in [1.807, 2.05) is 0 Å². The van der Waals surface area contributed by atoms with E-state index < -0.39 is 12.1 Å². The van der Waals surface area contributed by atoms with Gasteiger partial charge in [-0.2, -0.15) is 0 Å². The molecule has 4 rings (SSSR count). The van der Waals surface area contributed by atoms with E-state index in [2.05, 4.69) is 5.32 Å². The number of hydrogen-bond acceptors (Lipinski definition) is 4. The highest BCUT2D eigenvalue weighted by Crippen LogP contribution is 2.31. The minimum atomic E-state index is -0.539. The number of halogens is 1. The Morgan fingerprint density at radius 2 is 1.63 bits per heavy atom. The number of rotatable bonds is 4. The van der Waals surface area contributed by atoms with Crippen LogP contribution < -0.4 is 5.32 Å². The maximum Gasteiger partial charge on any atom is 0.339 e. The van der Waals surface area contributed by atoms with Gasteiger partial charge in [-0.1, -0.05) is 12.1 Å². The summed E-state index contributed by atoms with van der Waals surface area (Å²) in [6.45, 7) is 1.48. The van der Waals surface area contributed by atoms with E-state index in [9.17, 15) is 18.8 Å². The van der Waals surface area contributed by atoms with Crippen LogP contribution in [0.25, 0.3) is 0 Å². The van der Waals surface area contributed by atoms with Crippen molar-refractivity contribution in [3.05, 3.63) is 100 Å². The third kappa shape index (κ3) is 3.98. The molecule has 0 unspecified atom stereocenters. The number of carbonyl (C=O) groups is 3. The minimum Gasteiger partial charge on any atom is -0.454 e. The standard InChI is InChI=1S/C24H18FNO4/c1-14(27)15-4-9-20(10-5-15)26-23(28)17-6-11-21-18(12-17)13-22(30-24(21)29)16-2-7-19(25)8-3-16/h2-12,22H,13H2,1H3,(H,26,28)/t22-/m1/s1. The zero-order chi connectivity index (χ0) is 21.3. The van der Waals surface area contributed by atoms with Crippen LogP contribution in [-0.2, 0) is 11.2 Å². The molecular formula is C24H18FNO4. The van der Waals surface area contributed by atoms with Gasteiger partial charge in [0.2, 0.25) is 0 Å². The first-order valence-corrected chi connectivity index (χ1v) is 9.42. The van der Waals surface area contributed by atoms with Gasteiger partial charge in [-0.25, -0.2) is 9.18 Å². The Bertz CT molecular complexity index is 1140. The van der Waals surface area contributed by atoms with Gasteiger partial charge in [-0.3, -0.25) is 9.59 Å². The van der Waals surface area contributed by atoms with E-state index in [4.69, 9.17) is 4.74 Å². The first-order valence-electron chi connectivity index (χ1n) is 9.42. The largest absolute Gasteiger partial charge is 0.454 e. The van der Waals surface area contributed by atoms with Gasteiger partial charge in [-0.05, 0) is 72.6 Å². The molecule has 0 fully saturated rings. The molecular weight excluding hydrogens is 385 g/mol. The van der Waals surface area contributed by atoms with Gasteiger partial charge < -0.3 is 10.1 Å². The van der Waals surface area contributed by atoms with Crippen LogP contribution in [0.3, 0.4) is 0 Å². The van der Waals surface area contributed by atoms with E-state index in [0.717, 1.165) is 0 Å². The molecule has 0 saturated heterocycles. The number of ketones is 1. The molecule has 0 bridgehead atoms. The second-order valence-corrected chi connectivity index (χ2v) is 7.11. The summed E-state index contributed by atoms with van der Waals surface area (Å²) in [4.78, 5) is 36.4. The average Bonchev–Trinajstić information content (AvgIpc) is 2.74. The van der Waals surface area contributed by atoms with Crippen molar-refractivity contribution in [1.82, 2.24) is 0 Å². The highest BCUT2D eigenvalue weighted by atomic mass is 19.1. The Morgan fingerprint density at radius 1 is 0.967 bits per heavy atom. The third-order valence-corrected chi connectivity index (χ3v) is 5.03. The number of esters is 1. The molecule has 3 aromatic rings. The van der Waals surface area contributed by atoms with Crippen LogP contribution in [0.2, 0.25) is 0 Å². The highest BCUT2D eigenvalue weighted by Gasteiger charge is 2.28. The quantitative estimate of drug-likeness (QED) is 0.505. The van der Waals surface area contributed by atoms with E-state index >= 15 is 0 Å². The molecule has 1 aliphatic heterocycles. The second-order valence-electron chi connectivity index (χ2n) is 7.11. The molecule has 3 aromatic carbocycles. The molecule has 1 aliphatic rings. The third-order valence-electron chi connectivity index (χ3n) is 5.03. The number of ether oxygens (including phenoxy) is 1. The molecule has 1 heterocycles. The maximum atomic E-state index is 13.2. The summed E-state index contributed by atoms with van der Waals surface area (Å²) in [7, 11) is 0. The zero-order valence-corrected chi connectivity index (χ0v) is 16.1. The number of Topliss-reactive ketones (excluding diaryl/α,β-unsaturated/α-hetero) is 1. The molecule has 1 N–H and O–H groups in total. The van der Waals surface area contributed by atoms with E-state index in [-0.39, 0.29) is 17.5 Å². The van der Waals surface area contributed by atoms with Crippen LogP contribution in [-0.4, -0.2) is 17.7 Å². The summed E-state index contributed by atoms with van der Waals surface area (Å²) in [6.07, 6.45) is -0.149. The summed E-state index contributed by atoms with van der Waals surface area (Å²) in [5, 5.41) is 2.78. The molecule has 1 atom stereocenters. The maximum absolute atomic E-state index is 13.2. The molecule has 6 heteroatoms. The first-order chi connectivity index (χ1) is 14.4. The van der Waals surface area contributed by atoms with Crippen LogP contribution in [0, 0.1) is 5.82 Å². The van der Waals surface area contributed by atoms with Crippen LogP contribution in [0.15, 0.2) is 66.7 Å². The Labute approximate surface area is 172 Å². The number of carbonyl (C=O) groups excluding carboxylic acids is 3. The number of amides is 1. The van der Waals surface area contributed by atoms with Crippen molar-refractivity contribution in [2.24, 2.45) is 0 Å². The van der Waals surface area contributed by atoms with E-state index in [1.54, 1.807) is 54.6 Å². The topological polar surface area (TPSA) is 72.5 Å². The fourth-order valence-corrected chi connectivity index (χ4v) is 3.39. The summed E-state index contributed by atoms with van der Waals surface area (Å²) < 4.78 is 18.7. The lowest BCUT2D eigenvalue weighted by molar-refractivity contribution is 0.0252. The molecule has 0 saturated carbocycles. The van der Waals surface area contributed by atoms with Crippen molar-refractivity contribution in [3.8, 4) is 0 Å². The van der Waals surface area contributed by atoms with Gasteiger partial charge in [0.05, 0.1) is 5.56 Å². The normalized spacial score (nSPS) is 15.1. The predicted molar refractivity (Wildman–Crippen MR) is 109 cm³/mol. The summed E-state index contributed by atoms with van der Waals surface area (Å²) in [6, 6.07) is 17.2. The Balaban J connectivity index is 1.54. The Hall–Kier alpha value is -3.80. The summed E-state index contributed by atoms with van der Waals surface area (Å²) in [5.41, 5.74) is 3.32. The first kappa shape index (κ1) is 19.5. The van der Waals surface area contributed by atoms with Gasteiger partial charge in [0.25, 0.3) is 5.91 Å². The zero-order valence-electron chi connectivity index (χ0n) is 16.1. The lowest BCUT2D eigenvalue weighted by Gasteiger charge is -2.25. The summed E-state index contributed by atoms with van der Waals surface area (Å²) in [5.74, 6) is -1.22. The number of benzene rings is 3. The second kappa shape index (κ2) is 7.91. The van der Waals surface area contributed by atoms with Gasteiger partial charge in [0.1, 0.15) is 11.9 Å². The molecule has 0 aromatic heterocycles.